The Labute approximate surface area is 154 Å². The zero-order chi connectivity index (χ0) is 18.9. The summed E-state index contributed by atoms with van der Waals surface area (Å²) >= 11 is 0. The van der Waals surface area contributed by atoms with Crippen molar-refractivity contribution >= 4 is 11.9 Å². The van der Waals surface area contributed by atoms with Gasteiger partial charge in [-0.3, -0.25) is 9.59 Å². The molecule has 0 aromatic heterocycles. The van der Waals surface area contributed by atoms with Gasteiger partial charge in [0, 0.05) is 6.42 Å². The Morgan fingerprint density at radius 1 is 0.720 bits per heavy atom. The van der Waals surface area contributed by atoms with E-state index in [9.17, 15) is 14.7 Å². The predicted octanol–water partition coefficient (Wildman–Crippen LogP) is 6.28. The van der Waals surface area contributed by atoms with E-state index in [2.05, 4.69) is 13.8 Å². The highest BCUT2D eigenvalue weighted by Crippen LogP contribution is 2.27. The van der Waals surface area contributed by atoms with Crippen molar-refractivity contribution in [2.24, 2.45) is 11.8 Å². The molecule has 4 nitrogen and oxygen atoms in total. The summed E-state index contributed by atoms with van der Waals surface area (Å²) < 4.78 is 0. The number of carboxylic acid groups (broad SMARTS) is 2. The maximum atomic E-state index is 11.6. The molecule has 0 aliphatic carbocycles. The number of rotatable bonds is 18. The van der Waals surface area contributed by atoms with Gasteiger partial charge in [0.15, 0.2) is 0 Å². The summed E-state index contributed by atoms with van der Waals surface area (Å²) in [5, 5.41) is 18.1. The van der Waals surface area contributed by atoms with Gasteiger partial charge in [0.05, 0.1) is 5.92 Å². The Morgan fingerprint density at radius 2 is 1.32 bits per heavy atom. The lowest BCUT2D eigenvalue weighted by atomic mass is 9.85. The van der Waals surface area contributed by atoms with E-state index < -0.39 is 11.9 Å². The topological polar surface area (TPSA) is 74.6 Å². The molecule has 4 heteroatoms. The smallest absolute Gasteiger partial charge is 0.306 e. The lowest BCUT2D eigenvalue weighted by molar-refractivity contribution is -0.142. The fourth-order valence-electron chi connectivity index (χ4n) is 3.59. The molecule has 0 rings (SSSR count). The molecule has 0 heterocycles. The highest BCUT2D eigenvalue weighted by atomic mass is 16.4. The Kier molecular flexibility index (Phi) is 15.7. The largest absolute Gasteiger partial charge is 0.481 e. The molecular formula is C21H40O4. The van der Waals surface area contributed by atoms with Crippen LogP contribution in [0.25, 0.3) is 0 Å². The van der Waals surface area contributed by atoms with Gasteiger partial charge in [0.2, 0.25) is 0 Å². The highest BCUT2D eigenvalue weighted by Gasteiger charge is 2.21. The van der Waals surface area contributed by atoms with Crippen molar-refractivity contribution in [1.29, 1.82) is 0 Å². The average Bonchev–Trinajstić information content (AvgIpc) is 2.55. The summed E-state index contributed by atoms with van der Waals surface area (Å²) in [5.41, 5.74) is 0. The molecule has 0 saturated heterocycles. The van der Waals surface area contributed by atoms with Gasteiger partial charge in [0.1, 0.15) is 0 Å². The standard InChI is InChI=1S/C21H40O4/c1-3-5-10-14-18(13-4-2)17-19(21(24)25)15-11-8-6-7-9-12-16-20(22)23/h18-19H,3-17H2,1-2H3,(H,22,23)(H,24,25). The summed E-state index contributed by atoms with van der Waals surface area (Å²) in [6, 6.07) is 0. The van der Waals surface area contributed by atoms with Crippen LogP contribution in [-0.2, 0) is 9.59 Å². The lowest BCUT2D eigenvalue weighted by Crippen LogP contribution is -2.18. The molecular weight excluding hydrogens is 316 g/mol. The van der Waals surface area contributed by atoms with E-state index in [1.165, 1.54) is 25.7 Å². The molecule has 148 valence electrons. The second-order valence-corrected chi connectivity index (χ2v) is 7.48. The molecule has 0 bridgehead atoms. The number of hydrogen-bond donors (Lipinski definition) is 2. The van der Waals surface area contributed by atoms with Crippen LogP contribution in [0.3, 0.4) is 0 Å². The van der Waals surface area contributed by atoms with Crippen LogP contribution in [0.5, 0.6) is 0 Å². The van der Waals surface area contributed by atoms with E-state index >= 15 is 0 Å². The SMILES string of the molecule is CCCCCC(CCC)CC(CCCCCCCCC(=O)O)C(=O)O. The number of aliphatic carboxylic acids is 2. The van der Waals surface area contributed by atoms with E-state index in [0.29, 0.717) is 5.92 Å². The van der Waals surface area contributed by atoms with E-state index in [1.54, 1.807) is 0 Å². The molecule has 2 unspecified atom stereocenters. The van der Waals surface area contributed by atoms with Crippen molar-refractivity contribution in [2.45, 2.75) is 110 Å². The van der Waals surface area contributed by atoms with Crippen LogP contribution in [0.1, 0.15) is 110 Å². The van der Waals surface area contributed by atoms with Crippen molar-refractivity contribution in [3.8, 4) is 0 Å². The van der Waals surface area contributed by atoms with Gasteiger partial charge in [-0.1, -0.05) is 84.5 Å². The molecule has 0 amide bonds. The minimum atomic E-state index is -0.718. The Balaban J connectivity index is 3.98. The summed E-state index contributed by atoms with van der Waals surface area (Å²) in [6.45, 7) is 4.39. The van der Waals surface area contributed by atoms with Gasteiger partial charge in [-0.05, 0) is 25.2 Å². The summed E-state index contributed by atoms with van der Waals surface area (Å²) in [7, 11) is 0. The molecule has 0 radical (unpaired) electrons. The summed E-state index contributed by atoms with van der Waals surface area (Å²) in [4.78, 5) is 22.0. The zero-order valence-electron chi connectivity index (χ0n) is 16.5. The number of carboxylic acids is 2. The van der Waals surface area contributed by atoms with Gasteiger partial charge < -0.3 is 10.2 Å². The van der Waals surface area contributed by atoms with Crippen molar-refractivity contribution in [3.05, 3.63) is 0 Å². The molecule has 2 atom stereocenters. The molecule has 25 heavy (non-hydrogen) atoms. The molecule has 0 aromatic rings. The van der Waals surface area contributed by atoms with Crippen molar-refractivity contribution < 1.29 is 19.8 Å². The van der Waals surface area contributed by atoms with Crippen LogP contribution in [-0.4, -0.2) is 22.2 Å². The van der Waals surface area contributed by atoms with Gasteiger partial charge in [0.25, 0.3) is 0 Å². The minimum absolute atomic E-state index is 0.190. The Hall–Kier alpha value is -1.06. The van der Waals surface area contributed by atoms with Gasteiger partial charge in [-0.2, -0.15) is 0 Å². The fraction of sp³-hybridized carbons (Fsp3) is 0.905. The molecule has 0 spiro atoms. The maximum absolute atomic E-state index is 11.6. The molecule has 0 aromatic carbocycles. The maximum Gasteiger partial charge on any atom is 0.306 e. The van der Waals surface area contributed by atoms with Crippen LogP contribution in [0.15, 0.2) is 0 Å². The molecule has 0 aliphatic heterocycles. The molecule has 2 N–H and O–H groups in total. The first-order chi connectivity index (χ1) is 12.0. The first-order valence-electron chi connectivity index (χ1n) is 10.5. The predicted molar refractivity (Wildman–Crippen MR) is 103 cm³/mol. The van der Waals surface area contributed by atoms with Crippen molar-refractivity contribution in [1.82, 2.24) is 0 Å². The third-order valence-electron chi connectivity index (χ3n) is 5.07. The minimum Gasteiger partial charge on any atom is -0.481 e. The quantitative estimate of drug-likeness (QED) is 0.283. The van der Waals surface area contributed by atoms with E-state index in [0.717, 1.165) is 64.2 Å². The van der Waals surface area contributed by atoms with Crippen LogP contribution < -0.4 is 0 Å². The van der Waals surface area contributed by atoms with E-state index in [-0.39, 0.29) is 12.3 Å². The van der Waals surface area contributed by atoms with Crippen LogP contribution in [0.2, 0.25) is 0 Å². The second kappa shape index (κ2) is 16.4. The first kappa shape index (κ1) is 23.9. The van der Waals surface area contributed by atoms with Crippen LogP contribution >= 0.6 is 0 Å². The van der Waals surface area contributed by atoms with Crippen LogP contribution in [0.4, 0.5) is 0 Å². The normalized spacial score (nSPS) is 13.5. The zero-order valence-corrected chi connectivity index (χ0v) is 16.5. The van der Waals surface area contributed by atoms with Crippen molar-refractivity contribution in [2.75, 3.05) is 0 Å². The number of unbranched alkanes of at least 4 members (excludes halogenated alkanes) is 7. The summed E-state index contributed by atoms with van der Waals surface area (Å²) in [5.74, 6) is -0.971. The lowest BCUT2D eigenvalue weighted by Gasteiger charge is -2.21. The first-order valence-corrected chi connectivity index (χ1v) is 10.5. The van der Waals surface area contributed by atoms with Crippen molar-refractivity contribution in [3.63, 3.8) is 0 Å². The van der Waals surface area contributed by atoms with E-state index in [1.807, 2.05) is 0 Å². The average molecular weight is 357 g/mol. The molecule has 0 fully saturated rings. The monoisotopic (exact) mass is 356 g/mol. The van der Waals surface area contributed by atoms with Crippen LogP contribution in [0, 0.1) is 11.8 Å². The number of hydrogen-bond acceptors (Lipinski definition) is 2. The Bertz CT molecular complexity index is 341. The summed E-state index contributed by atoms with van der Waals surface area (Å²) in [6.07, 6.45) is 14.9. The van der Waals surface area contributed by atoms with Gasteiger partial charge in [-0.15, -0.1) is 0 Å². The number of carbonyl (C=O) groups is 2. The van der Waals surface area contributed by atoms with Gasteiger partial charge in [-0.25, -0.2) is 0 Å². The molecule has 0 saturated carbocycles. The van der Waals surface area contributed by atoms with E-state index in [4.69, 9.17) is 5.11 Å². The molecule has 0 aliphatic rings. The second-order valence-electron chi connectivity index (χ2n) is 7.48. The Morgan fingerprint density at radius 3 is 1.88 bits per heavy atom. The fourth-order valence-corrected chi connectivity index (χ4v) is 3.59. The highest BCUT2D eigenvalue weighted by molar-refractivity contribution is 5.69. The third kappa shape index (κ3) is 14.9. The third-order valence-corrected chi connectivity index (χ3v) is 5.07. The van der Waals surface area contributed by atoms with Gasteiger partial charge >= 0.3 is 11.9 Å².